The number of halogens is 1. The standard InChI is InChI=1S/C11H20ClNO/c1-7(12)11(4,5)13-9(14)8-6-10(8,2)3/h7-8H,6H2,1-5H3,(H,13,14). The predicted octanol–water partition coefficient (Wildman–Crippen LogP) is 2.55. The van der Waals surface area contributed by atoms with Crippen LogP contribution in [-0.4, -0.2) is 16.8 Å². The maximum atomic E-state index is 11.8. The Kier molecular flexibility index (Phi) is 2.88. The Balaban J connectivity index is 2.50. The molecule has 0 heterocycles. The van der Waals surface area contributed by atoms with Crippen molar-refractivity contribution in [2.75, 3.05) is 0 Å². The lowest BCUT2D eigenvalue weighted by Crippen LogP contribution is -2.49. The summed E-state index contributed by atoms with van der Waals surface area (Å²) in [5.41, 5.74) is -0.132. The topological polar surface area (TPSA) is 29.1 Å². The number of amides is 1. The Bertz CT molecular complexity index is 246. The summed E-state index contributed by atoms with van der Waals surface area (Å²) in [6, 6.07) is 0. The largest absolute Gasteiger partial charge is 0.349 e. The van der Waals surface area contributed by atoms with Crippen molar-refractivity contribution in [3.63, 3.8) is 0 Å². The monoisotopic (exact) mass is 217 g/mol. The highest BCUT2D eigenvalue weighted by atomic mass is 35.5. The number of hydrogen-bond donors (Lipinski definition) is 1. The van der Waals surface area contributed by atoms with Crippen molar-refractivity contribution >= 4 is 17.5 Å². The number of rotatable bonds is 3. The zero-order valence-corrected chi connectivity index (χ0v) is 10.4. The van der Waals surface area contributed by atoms with Crippen molar-refractivity contribution in [3.8, 4) is 0 Å². The molecule has 0 aliphatic heterocycles. The summed E-state index contributed by atoms with van der Waals surface area (Å²) in [4.78, 5) is 11.8. The van der Waals surface area contributed by atoms with Gasteiger partial charge < -0.3 is 5.32 Å². The highest BCUT2D eigenvalue weighted by Crippen LogP contribution is 2.51. The maximum absolute atomic E-state index is 11.8. The Morgan fingerprint density at radius 2 is 2.00 bits per heavy atom. The molecule has 1 N–H and O–H groups in total. The van der Waals surface area contributed by atoms with E-state index in [-0.39, 0.29) is 28.2 Å². The quantitative estimate of drug-likeness (QED) is 0.724. The van der Waals surface area contributed by atoms with Crippen LogP contribution in [-0.2, 0) is 4.79 Å². The Morgan fingerprint density at radius 3 is 2.29 bits per heavy atom. The lowest BCUT2D eigenvalue weighted by molar-refractivity contribution is -0.124. The fourth-order valence-corrected chi connectivity index (χ4v) is 1.47. The minimum atomic E-state index is -0.322. The van der Waals surface area contributed by atoms with Gasteiger partial charge in [-0.05, 0) is 32.6 Å². The van der Waals surface area contributed by atoms with E-state index in [9.17, 15) is 4.79 Å². The number of carbonyl (C=O) groups is 1. The molecule has 1 saturated carbocycles. The van der Waals surface area contributed by atoms with E-state index in [1.54, 1.807) is 0 Å². The molecule has 0 aromatic heterocycles. The van der Waals surface area contributed by atoms with E-state index in [2.05, 4.69) is 19.2 Å². The Morgan fingerprint density at radius 1 is 1.57 bits per heavy atom. The molecule has 2 atom stereocenters. The van der Waals surface area contributed by atoms with Crippen LogP contribution in [0.1, 0.15) is 41.0 Å². The van der Waals surface area contributed by atoms with Gasteiger partial charge in [0, 0.05) is 5.92 Å². The fourth-order valence-electron chi connectivity index (χ4n) is 1.42. The molecule has 0 aromatic rings. The molecule has 1 fully saturated rings. The van der Waals surface area contributed by atoms with Gasteiger partial charge in [-0.1, -0.05) is 13.8 Å². The van der Waals surface area contributed by atoms with Crippen LogP contribution in [0.2, 0.25) is 0 Å². The van der Waals surface area contributed by atoms with Crippen molar-refractivity contribution in [1.29, 1.82) is 0 Å². The SMILES string of the molecule is CC(Cl)C(C)(C)NC(=O)C1CC1(C)C. The molecule has 2 unspecified atom stereocenters. The van der Waals surface area contributed by atoms with E-state index in [4.69, 9.17) is 11.6 Å². The number of carbonyl (C=O) groups excluding carboxylic acids is 1. The molecule has 2 nitrogen and oxygen atoms in total. The van der Waals surface area contributed by atoms with Crippen LogP contribution in [0.4, 0.5) is 0 Å². The number of alkyl halides is 1. The second-order valence-electron chi connectivity index (χ2n) is 5.57. The molecule has 0 spiro atoms. The molecule has 0 bridgehead atoms. The zero-order chi connectivity index (χ0) is 11.1. The third-order valence-corrected chi connectivity index (χ3v) is 3.82. The summed E-state index contributed by atoms with van der Waals surface area (Å²) in [5.74, 6) is 0.324. The van der Waals surface area contributed by atoms with Gasteiger partial charge in [0.25, 0.3) is 0 Å². The highest BCUT2D eigenvalue weighted by molar-refractivity contribution is 6.21. The Hall–Kier alpha value is -0.240. The van der Waals surface area contributed by atoms with Crippen LogP contribution in [0.25, 0.3) is 0 Å². The van der Waals surface area contributed by atoms with Gasteiger partial charge in [-0.2, -0.15) is 0 Å². The molecule has 82 valence electrons. The lowest BCUT2D eigenvalue weighted by atomic mass is 10.0. The van der Waals surface area contributed by atoms with Crippen molar-refractivity contribution in [2.45, 2.75) is 52.0 Å². The van der Waals surface area contributed by atoms with Crippen molar-refractivity contribution < 1.29 is 4.79 Å². The van der Waals surface area contributed by atoms with Crippen molar-refractivity contribution in [3.05, 3.63) is 0 Å². The molecular weight excluding hydrogens is 198 g/mol. The van der Waals surface area contributed by atoms with Gasteiger partial charge in [-0.25, -0.2) is 0 Å². The van der Waals surface area contributed by atoms with E-state index in [1.807, 2.05) is 20.8 Å². The number of nitrogens with one attached hydrogen (secondary N) is 1. The first-order valence-electron chi connectivity index (χ1n) is 5.13. The van der Waals surface area contributed by atoms with Crippen LogP contribution in [0, 0.1) is 11.3 Å². The molecule has 0 radical (unpaired) electrons. The first-order valence-corrected chi connectivity index (χ1v) is 5.56. The summed E-state index contributed by atoms with van der Waals surface area (Å²) in [6.45, 7) is 10.1. The lowest BCUT2D eigenvalue weighted by Gasteiger charge is -2.29. The molecule has 1 amide bonds. The van der Waals surface area contributed by atoms with Crippen LogP contribution in [0.3, 0.4) is 0 Å². The molecule has 0 saturated heterocycles. The summed E-state index contributed by atoms with van der Waals surface area (Å²) in [6.07, 6.45) is 0.992. The van der Waals surface area contributed by atoms with Crippen LogP contribution in [0.15, 0.2) is 0 Å². The summed E-state index contributed by atoms with van der Waals surface area (Å²) < 4.78 is 0. The zero-order valence-electron chi connectivity index (χ0n) is 9.65. The van der Waals surface area contributed by atoms with Crippen LogP contribution in [0.5, 0.6) is 0 Å². The Labute approximate surface area is 91.4 Å². The number of hydrogen-bond acceptors (Lipinski definition) is 1. The molecular formula is C11H20ClNO. The van der Waals surface area contributed by atoms with Crippen LogP contribution >= 0.6 is 11.6 Å². The van der Waals surface area contributed by atoms with Gasteiger partial charge in [0.1, 0.15) is 0 Å². The highest BCUT2D eigenvalue weighted by Gasteiger charge is 2.51. The van der Waals surface area contributed by atoms with Gasteiger partial charge in [-0.3, -0.25) is 4.79 Å². The molecule has 3 heteroatoms. The summed E-state index contributed by atoms with van der Waals surface area (Å²) in [7, 11) is 0. The van der Waals surface area contributed by atoms with Crippen LogP contribution < -0.4 is 5.32 Å². The van der Waals surface area contributed by atoms with E-state index in [0.717, 1.165) is 6.42 Å². The molecule has 0 aromatic carbocycles. The van der Waals surface area contributed by atoms with E-state index in [1.165, 1.54) is 0 Å². The van der Waals surface area contributed by atoms with Gasteiger partial charge in [-0.15, -0.1) is 11.6 Å². The minimum absolute atomic E-state index is 0.0617. The first kappa shape index (κ1) is 11.8. The molecule has 1 aliphatic carbocycles. The minimum Gasteiger partial charge on any atom is -0.349 e. The third kappa shape index (κ3) is 2.41. The summed E-state index contributed by atoms with van der Waals surface area (Å²) >= 11 is 5.99. The fraction of sp³-hybridized carbons (Fsp3) is 0.909. The van der Waals surface area contributed by atoms with E-state index in [0.29, 0.717) is 0 Å². The van der Waals surface area contributed by atoms with E-state index >= 15 is 0 Å². The van der Waals surface area contributed by atoms with E-state index < -0.39 is 0 Å². The summed E-state index contributed by atoms with van der Waals surface area (Å²) in [5, 5.41) is 2.94. The van der Waals surface area contributed by atoms with Crippen molar-refractivity contribution in [2.24, 2.45) is 11.3 Å². The van der Waals surface area contributed by atoms with Gasteiger partial charge in [0.05, 0.1) is 10.9 Å². The average Bonchev–Trinajstić information content (AvgIpc) is 2.58. The first-order chi connectivity index (χ1) is 6.17. The van der Waals surface area contributed by atoms with Gasteiger partial charge >= 0.3 is 0 Å². The predicted molar refractivity (Wildman–Crippen MR) is 59.4 cm³/mol. The second-order valence-corrected chi connectivity index (χ2v) is 6.23. The molecule has 1 aliphatic rings. The maximum Gasteiger partial charge on any atom is 0.224 e. The second kappa shape index (κ2) is 3.41. The normalized spacial score (nSPS) is 26.9. The van der Waals surface area contributed by atoms with Crippen molar-refractivity contribution in [1.82, 2.24) is 5.32 Å². The smallest absolute Gasteiger partial charge is 0.224 e. The molecule has 1 rings (SSSR count). The third-order valence-electron chi connectivity index (χ3n) is 3.27. The van der Waals surface area contributed by atoms with Gasteiger partial charge in [0.15, 0.2) is 0 Å². The molecule has 14 heavy (non-hydrogen) atoms. The van der Waals surface area contributed by atoms with Gasteiger partial charge in [0.2, 0.25) is 5.91 Å². The average molecular weight is 218 g/mol.